The van der Waals surface area contributed by atoms with Gasteiger partial charge in [0.1, 0.15) is 0 Å². The van der Waals surface area contributed by atoms with E-state index >= 15 is 0 Å². The Kier molecular flexibility index (Phi) is 6.23. The van der Waals surface area contributed by atoms with Gasteiger partial charge in [-0.2, -0.15) is 0 Å². The molecular weight excluding hydrogens is 182 g/mol. The first kappa shape index (κ1) is 14.2. The first-order chi connectivity index (χ1) is 6.88. The van der Waals surface area contributed by atoms with E-state index < -0.39 is 0 Å². The third kappa shape index (κ3) is 5.56. The van der Waals surface area contributed by atoms with Crippen LogP contribution >= 0.6 is 0 Å². The smallest absolute Gasteiger partial charge is 0.0472 e. The van der Waals surface area contributed by atoms with E-state index in [0.717, 1.165) is 12.0 Å². The molecule has 0 aliphatic carbocycles. The molecule has 0 N–H and O–H groups in total. The number of allylic oxidation sites excluding steroid dienone is 3. The fourth-order valence-electron chi connectivity index (χ4n) is 1.04. The molecule has 1 nitrogen and oxygen atoms in total. The van der Waals surface area contributed by atoms with Crippen LogP contribution in [-0.4, -0.2) is 11.8 Å². The lowest BCUT2D eigenvalue weighted by Gasteiger charge is -2.11. The van der Waals surface area contributed by atoms with E-state index in [2.05, 4.69) is 47.3 Å². The van der Waals surface area contributed by atoms with Gasteiger partial charge in [0.2, 0.25) is 0 Å². The number of hydrogen-bond donors (Lipinski definition) is 0. The average Bonchev–Trinajstić information content (AvgIpc) is 2.15. The van der Waals surface area contributed by atoms with Gasteiger partial charge in [0, 0.05) is 11.8 Å². The summed E-state index contributed by atoms with van der Waals surface area (Å²) < 4.78 is 0. The highest BCUT2D eigenvalue weighted by Gasteiger charge is 2.05. The minimum absolute atomic E-state index is 0.413. The van der Waals surface area contributed by atoms with Crippen LogP contribution in [0.25, 0.3) is 0 Å². The van der Waals surface area contributed by atoms with Crippen LogP contribution in [0.3, 0.4) is 0 Å². The summed E-state index contributed by atoms with van der Waals surface area (Å²) in [7, 11) is 0. The van der Waals surface area contributed by atoms with Gasteiger partial charge in [-0.05, 0) is 44.8 Å². The van der Waals surface area contributed by atoms with Crippen molar-refractivity contribution in [2.75, 3.05) is 0 Å². The minimum Gasteiger partial charge on any atom is -0.286 e. The molecule has 0 aliphatic heterocycles. The summed E-state index contributed by atoms with van der Waals surface area (Å²) in [6, 6.07) is 0.413. The van der Waals surface area contributed by atoms with Crippen LogP contribution < -0.4 is 0 Å². The van der Waals surface area contributed by atoms with Crippen molar-refractivity contribution in [1.82, 2.24) is 0 Å². The number of rotatable bonds is 5. The Labute approximate surface area is 95.0 Å². The maximum atomic E-state index is 4.72. The third-order valence-corrected chi connectivity index (χ3v) is 2.59. The summed E-state index contributed by atoms with van der Waals surface area (Å²) in [6.07, 6.45) is 3.26. The van der Waals surface area contributed by atoms with Crippen LogP contribution in [0.2, 0.25) is 0 Å². The van der Waals surface area contributed by atoms with E-state index in [1.54, 1.807) is 0 Å². The van der Waals surface area contributed by atoms with Gasteiger partial charge in [0.05, 0.1) is 0 Å². The fraction of sp³-hybridized carbons (Fsp3) is 0.643. The molecule has 0 amide bonds. The lowest BCUT2D eigenvalue weighted by atomic mass is 10.0. The second-order valence-corrected chi connectivity index (χ2v) is 4.57. The molecule has 0 aromatic rings. The number of hydrogen-bond acceptors (Lipinski definition) is 1. The zero-order chi connectivity index (χ0) is 12.0. The predicted molar refractivity (Wildman–Crippen MR) is 70.6 cm³/mol. The van der Waals surface area contributed by atoms with Crippen LogP contribution in [0, 0.1) is 5.92 Å². The quantitative estimate of drug-likeness (QED) is 0.468. The van der Waals surface area contributed by atoms with Crippen LogP contribution in [0.5, 0.6) is 0 Å². The van der Waals surface area contributed by atoms with Gasteiger partial charge in [0.15, 0.2) is 0 Å². The van der Waals surface area contributed by atoms with E-state index in [1.165, 1.54) is 11.3 Å². The molecule has 1 atom stereocenters. The van der Waals surface area contributed by atoms with Gasteiger partial charge in [-0.1, -0.05) is 32.9 Å². The molecule has 0 saturated heterocycles. The Hall–Kier alpha value is -0.850. The lowest BCUT2D eigenvalue weighted by molar-refractivity contribution is 0.706. The zero-order valence-corrected chi connectivity index (χ0v) is 11.1. The van der Waals surface area contributed by atoms with E-state index in [4.69, 9.17) is 4.99 Å². The normalized spacial score (nSPS) is 15.7. The third-order valence-electron chi connectivity index (χ3n) is 2.59. The predicted octanol–water partition coefficient (Wildman–Crippen LogP) is 4.40. The Balaban J connectivity index is 4.92. The van der Waals surface area contributed by atoms with Gasteiger partial charge >= 0.3 is 0 Å². The van der Waals surface area contributed by atoms with Crippen molar-refractivity contribution in [2.24, 2.45) is 10.9 Å². The van der Waals surface area contributed by atoms with Crippen molar-refractivity contribution >= 4 is 5.71 Å². The first-order valence-corrected chi connectivity index (χ1v) is 5.80. The SMILES string of the molecule is C=C(C)/C(C)=C\C(=NC(C)CC)C(C)C. The Bertz CT molecular complexity index is 269. The number of nitrogens with zero attached hydrogens (tertiary/aromatic N) is 1. The van der Waals surface area contributed by atoms with E-state index in [1.807, 2.05) is 6.92 Å². The van der Waals surface area contributed by atoms with Crippen molar-refractivity contribution in [3.63, 3.8) is 0 Å². The van der Waals surface area contributed by atoms with Crippen molar-refractivity contribution in [1.29, 1.82) is 0 Å². The topological polar surface area (TPSA) is 12.4 Å². The molecule has 0 aromatic heterocycles. The first-order valence-electron chi connectivity index (χ1n) is 5.80. The molecule has 0 aliphatic rings. The summed E-state index contributed by atoms with van der Waals surface area (Å²) >= 11 is 0. The molecule has 15 heavy (non-hydrogen) atoms. The Morgan fingerprint density at radius 2 is 1.80 bits per heavy atom. The Morgan fingerprint density at radius 1 is 1.27 bits per heavy atom. The maximum Gasteiger partial charge on any atom is 0.0472 e. The highest BCUT2D eigenvalue weighted by atomic mass is 14.8. The van der Waals surface area contributed by atoms with Crippen LogP contribution in [0.15, 0.2) is 28.8 Å². The average molecular weight is 207 g/mol. The van der Waals surface area contributed by atoms with Gasteiger partial charge in [0.25, 0.3) is 0 Å². The van der Waals surface area contributed by atoms with E-state index in [0.29, 0.717) is 12.0 Å². The van der Waals surface area contributed by atoms with Crippen molar-refractivity contribution < 1.29 is 0 Å². The summed E-state index contributed by atoms with van der Waals surface area (Å²) in [6.45, 7) is 16.8. The molecule has 0 bridgehead atoms. The molecular formula is C14H25N. The second-order valence-electron chi connectivity index (χ2n) is 4.57. The molecule has 86 valence electrons. The van der Waals surface area contributed by atoms with E-state index in [9.17, 15) is 0 Å². The van der Waals surface area contributed by atoms with E-state index in [-0.39, 0.29) is 0 Å². The van der Waals surface area contributed by atoms with Gasteiger partial charge in [-0.25, -0.2) is 0 Å². The zero-order valence-electron chi connectivity index (χ0n) is 11.1. The summed E-state index contributed by atoms with van der Waals surface area (Å²) in [5.74, 6) is 0.480. The minimum atomic E-state index is 0.413. The molecule has 0 saturated carbocycles. The standard InChI is InChI=1S/C14H25N/c1-8-13(7)15-14(11(4)5)9-12(6)10(2)3/h9,11,13H,2,8H2,1,3-7H3/b12-9-,15-14?. The van der Waals surface area contributed by atoms with Crippen LogP contribution in [0.1, 0.15) is 48.0 Å². The largest absolute Gasteiger partial charge is 0.286 e. The molecule has 0 fully saturated rings. The lowest BCUT2D eigenvalue weighted by Crippen LogP contribution is -2.09. The van der Waals surface area contributed by atoms with Crippen LogP contribution in [-0.2, 0) is 0 Å². The highest BCUT2D eigenvalue weighted by Crippen LogP contribution is 2.10. The molecule has 0 radical (unpaired) electrons. The summed E-state index contributed by atoms with van der Waals surface area (Å²) in [5, 5.41) is 0. The molecule has 1 heteroatoms. The van der Waals surface area contributed by atoms with Crippen molar-refractivity contribution in [3.05, 3.63) is 23.8 Å². The fourth-order valence-corrected chi connectivity index (χ4v) is 1.04. The van der Waals surface area contributed by atoms with Gasteiger partial charge < -0.3 is 0 Å². The van der Waals surface area contributed by atoms with Crippen molar-refractivity contribution in [3.8, 4) is 0 Å². The number of aliphatic imine (C=N–C) groups is 1. The molecule has 0 aromatic carbocycles. The molecule has 1 unspecified atom stereocenters. The molecule has 0 rings (SSSR count). The summed E-state index contributed by atoms with van der Waals surface area (Å²) in [4.78, 5) is 4.72. The maximum absolute atomic E-state index is 4.72. The highest BCUT2D eigenvalue weighted by molar-refractivity contribution is 5.97. The monoisotopic (exact) mass is 207 g/mol. The van der Waals surface area contributed by atoms with Gasteiger partial charge in [-0.15, -0.1) is 0 Å². The van der Waals surface area contributed by atoms with Crippen molar-refractivity contribution in [2.45, 2.75) is 54.0 Å². The second kappa shape index (κ2) is 6.60. The Morgan fingerprint density at radius 3 is 2.13 bits per heavy atom. The molecule has 0 spiro atoms. The molecule has 0 heterocycles. The van der Waals surface area contributed by atoms with Crippen LogP contribution in [0.4, 0.5) is 0 Å². The van der Waals surface area contributed by atoms with Gasteiger partial charge in [-0.3, -0.25) is 4.99 Å². The summed E-state index contributed by atoms with van der Waals surface area (Å²) in [5.41, 5.74) is 3.53.